The largest absolute Gasteiger partial charge is 0.505 e. The Hall–Kier alpha value is -3.07. The van der Waals surface area contributed by atoms with Gasteiger partial charge in [0.05, 0.1) is 26.8 Å². The molecule has 0 atom stereocenters. The predicted molar refractivity (Wildman–Crippen MR) is 152 cm³/mol. The highest BCUT2D eigenvalue weighted by atomic mass is 35.5. The number of amides is 2. The van der Waals surface area contributed by atoms with Crippen molar-refractivity contribution < 1.29 is 14.7 Å². The molecule has 3 aromatic rings. The van der Waals surface area contributed by atoms with E-state index in [9.17, 15) is 14.7 Å². The fourth-order valence-corrected chi connectivity index (χ4v) is 5.73. The van der Waals surface area contributed by atoms with Crippen molar-refractivity contribution in [3.63, 3.8) is 0 Å². The van der Waals surface area contributed by atoms with Gasteiger partial charge in [0.1, 0.15) is 0 Å². The third-order valence-electron chi connectivity index (χ3n) is 7.40. The summed E-state index contributed by atoms with van der Waals surface area (Å²) < 4.78 is 0. The highest BCUT2D eigenvalue weighted by Gasteiger charge is 2.26. The molecule has 1 saturated carbocycles. The number of rotatable bonds is 5. The molecule has 2 fully saturated rings. The summed E-state index contributed by atoms with van der Waals surface area (Å²) in [4.78, 5) is 31.6. The minimum atomic E-state index is -0.152. The normalized spacial score (nSPS) is 19.8. The molecule has 0 spiro atoms. The minimum absolute atomic E-state index is 0.0175. The number of carbonyl (C=O) groups is 2. The number of urea groups is 1. The highest BCUT2D eigenvalue weighted by molar-refractivity contribution is 6.37. The van der Waals surface area contributed by atoms with E-state index in [4.69, 9.17) is 23.2 Å². The van der Waals surface area contributed by atoms with Crippen LogP contribution in [0.4, 0.5) is 10.5 Å². The fourth-order valence-electron chi connectivity index (χ4n) is 5.25. The van der Waals surface area contributed by atoms with E-state index in [1.165, 1.54) is 0 Å². The summed E-state index contributed by atoms with van der Waals surface area (Å²) in [5.74, 6) is -0.222. The molecule has 2 aliphatic rings. The number of nitrogens with zero attached hydrogens (tertiary/aromatic N) is 2. The molecule has 1 aliphatic carbocycles. The lowest BCUT2D eigenvalue weighted by Gasteiger charge is -2.34. The van der Waals surface area contributed by atoms with Gasteiger partial charge >= 0.3 is 6.03 Å². The molecule has 0 unspecified atom stereocenters. The van der Waals surface area contributed by atoms with Gasteiger partial charge in [-0.05, 0) is 68.0 Å². The van der Waals surface area contributed by atoms with E-state index in [1.54, 1.807) is 25.3 Å². The molecule has 2 aromatic carbocycles. The van der Waals surface area contributed by atoms with Gasteiger partial charge in [0.25, 0.3) is 0 Å². The lowest BCUT2D eigenvalue weighted by molar-refractivity contribution is 0.101. The van der Waals surface area contributed by atoms with Crippen molar-refractivity contribution in [1.29, 1.82) is 0 Å². The Balaban J connectivity index is 1.36. The third-order valence-corrected chi connectivity index (χ3v) is 7.98. The van der Waals surface area contributed by atoms with Crippen molar-refractivity contribution in [3.05, 3.63) is 52.1 Å². The number of Topliss-reactive ketones (excluding diaryl/α,β-unsaturated/α-hetero) is 1. The molecule has 1 aromatic heterocycles. The Labute approximate surface area is 231 Å². The first-order valence-electron chi connectivity index (χ1n) is 12.9. The first-order chi connectivity index (χ1) is 18.3. The molecule has 0 bridgehead atoms. The van der Waals surface area contributed by atoms with Gasteiger partial charge < -0.3 is 26.0 Å². The van der Waals surface area contributed by atoms with Crippen LogP contribution in [0.5, 0.6) is 5.75 Å². The third kappa shape index (κ3) is 5.67. The second-order valence-corrected chi connectivity index (χ2v) is 10.8. The number of aromatic nitrogens is 1. The number of hydrogen-bond donors (Lipinski definition) is 4. The maximum atomic E-state index is 12.6. The fraction of sp³-hybridized carbons (Fsp3) is 0.393. The van der Waals surface area contributed by atoms with Crippen LogP contribution in [0.2, 0.25) is 10.0 Å². The SMILES string of the molecule is CC(=O)c1cnc2ccc(-c3cc(Cl)c(O)c(Cl)c3)cc2c1NC1CCC(NC(=O)N2CCNCC2)CC1. The maximum absolute atomic E-state index is 12.6. The molecule has 200 valence electrons. The Kier molecular flexibility index (Phi) is 7.93. The van der Waals surface area contributed by atoms with Crippen molar-refractivity contribution in [2.45, 2.75) is 44.7 Å². The van der Waals surface area contributed by atoms with Crippen molar-refractivity contribution >= 4 is 51.6 Å². The Morgan fingerprint density at radius 3 is 2.32 bits per heavy atom. The molecule has 10 heteroatoms. The van der Waals surface area contributed by atoms with E-state index in [0.29, 0.717) is 5.56 Å². The zero-order valence-electron chi connectivity index (χ0n) is 21.2. The monoisotopic (exact) mass is 555 g/mol. The van der Waals surface area contributed by atoms with Crippen LogP contribution in [-0.4, -0.2) is 65.1 Å². The van der Waals surface area contributed by atoms with Gasteiger partial charge in [-0.25, -0.2) is 4.79 Å². The number of benzene rings is 2. The lowest BCUT2D eigenvalue weighted by Crippen LogP contribution is -2.53. The second-order valence-electron chi connectivity index (χ2n) is 10.0. The number of ketones is 1. The van der Waals surface area contributed by atoms with E-state index < -0.39 is 0 Å². The number of halogens is 2. The molecule has 4 N–H and O–H groups in total. The average molecular weight is 556 g/mol. The van der Waals surface area contributed by atoms with Crippen LogP contribution in [0.15, 0.2) is 36.5 Å². The molecule has 8 nitrogen and oxygen atoms in total. The van der Waals surface area contributed by atoms with E-state index in [0.717, 1.165) is 79.6 Å². The summed E-state index contributed by atoms with van der Waals surface area (Å²) in [6.07, 6.45) is 5.10. The summed E-state index contributed by atoms with van der Waals surface area (Å²) in [5.41, 5.74) is 3.64. The standard InChI is InChI=1S/C28H31Cl2N5O3/c1-16(36)22-15-32-25-7-2-17(18-13-23(29)27(37)24(30)14-18)12-21(25)26(22)33-19-3-5-20(6-4-19)34-28(38)35-10-8-31-9-11-35/h2,7,12-15,19-20,31,37H,3-6,8-11H2,1H3,(H,32,33)(H,34,38). The lowest BCUT2D eigenvalue weighted by atomic mass is 9.90. The molecule has 2 heterocycles. The molecule has 1 aliphatic heterocycles. The number of hydrogen-bond acceptors (Lipinski definition) is 6. The minimum Gasteiger partial charge on any atom is -0.505 e. The van der Waals surface area contributed by atoms with Gasteiger partial charge in [-0.3, -0.25) is 9.78 Å². The van der Waals surface area contributed by atoms with Crippen LogP contribution in [0.1, 0.15) is 43.0 Å². The van der Waals surface area contributed by atoms with Gasteiger partial charge in [0, 0.05) is 49.8 Å². The van der Waals surface area contributed by atoms with Crippen LogP contribution >= 0.6 is 23.2 Å². The average Bonchev–Trinajstić information content (AvgIpc) is 2.92. The van der Waals surface area contributed by atoms with Gasteiger partial charge in [-0.2, -0.15) is 0 Å². The number of piperazine rings is 1. The van der Waals surface area contributed by atoms with Crippen LogP contribution in [0.3, 0.4) is 0 Å². The summed E-state index contributed by atoms with van der Waals surface area (Å²) in [5, 5.41) is 21.2. The molecule has 5 rings (SSSR count). The maximum Gasteiger partial charge on any atom is 0.317 e. The Morgan fingerprint density at radius 1 is 1.00 bits per heavy atom. The van der Waals surface area contributed by atoms with Crippen molar-refractivity contribution in [1.82, 2.24) is 20.5 Å². The number of phenolic OH excluding ortho intramolecular Hbond substituents is 1. The number of anilines is 1. The topological polar surface area (TPSA) is 107 Å². The van der Waals surface area contributed by atoms with Gasteiger partial charge in [0.15, 0.2) is 11.5 Å². The number of carbonyl (C=O) groups excluding carboxylic acids is 2. The zero-order valence-corrected chi connectivity index (χ0v) is 22.7. The second kappa shape index (κ2) is 11.4. The first kappa shape index (κ1) is 26.5. The van der Waals surface area contributed by atoms with Crippen LogP contribution in [-0.2, 0) is 0 Å². The molecule has 0 radical (unpaired) electrons. The molecule has 38 heavy (non-hydrogen) atoms. The number of aromatic hydroxyl groups is 1. The van der Waals surface area contributed by atoms with Crippen LogP contribution in [0.25, 0.3) is 22.0 Å². The quantitative estimate of drug-likeness (QED) is 0.311. The van der Waals surface area contributed by atoms with E-state index >= 15 is 0 Å². The first-order valence-corrected chi connectivity index (χ1v) is 13.7. The molecular weight excluding hydrogens is 525 g/mol. The summed E-state index contributed by atoms with van der Waals surface area (Å²) in [6, 6.07) is 9.43. The summed E-state index contributed by atoms with van der Waals surface area (Å²) in [6.45, 7) is 4.67. The van der Waals surface area contributed by atoms with E-state index in [1.807, 2.05) is 23.1 Å². The van der Waals surface area contributed by atoms with Crippen molar-refractivity contribution in [3.8, 4) is 16.9 Å². The van der Waals surface area contributed by atoms with Crippen molar-refractivity contribution in [2.75, 3.05) is 31.5 Å². The Morgan fingerprint density at radius 2 is 1.66 bits per heavy atom. The van der Waals surface area contributed by atoms with Crippen molar-refractivity contribution in [2.24, 2.45) is 0 Å². The van der Waals surface area contributed by atoms with Gasteiger partial charge in [-0.1, -0.05) is 29.3 Å². The smallest absolute Gasteiger partial charge is 0.317 e. The number of phenols is 1. The summed E-state index contributed by atoms with van der Waals surface area (Å²) in [7, 11) is 0. The summed E-state index contributed by atoms with van der Waals surface area (Å²) >= 11 is 12.3. The molecule has 1 saturated heterocycles. The molecular formula is C28H31Cl2N5O3. The molecule has 2 amide bonds. The number of nitrogens with one attached hydrogen (secondary N) is 3. The highest BCUT2D eigenvalue weighted by Crippen LogP contribution is 2.38. The van der Waals surface area contributed by atoms with E-state index in [2.05, 4.69) is 20.9 Å². The number of fused-ring (bicyclic) bond motifs is 1. The predicted octanol–water partition coefficient (Wildman–Crippen LogP) is 5.45. The Bertz CT molecular complexity index is 1350. The van der Waals surface area contributed by atoms with Gasteiger partial charge in [0.2, 0.25) is 0 Å². The van der Waals surface area contributed by atoms with E-state index in [-0.39, 0.29) is 39.7 Å². The zero-order chi connectivity index (χ0) is 26.8. The number of pyridine rings is 1. The van der Waals surface area contributed by atoms with Crippen LogP contribution in [0, 0.1) is 0 Å². The van der Waals surface area contributed by atoms with Gasteiger partial charge in [-0.15, -0.1) is 0 Å². The van der Waals surface area contributed by atoms with Crippen LogP contribution < -0.4 is 16.0 Å².